The lowest BCUT2D eigenvalue weighted by Crippen LogP contribution is -2.34. The number of carbonyl (C=O) groups excluding carboxylic acids is 2. The largest absolute Gasteiger partial charge is 0.459 e. The van der Waals surface area contributed by atoms with Crippen LogP contribution in [0, 0.1) is 0 Å². The van der Waals surface area contributed by atoms with Crippen molar-refractivity contribution in [3.8, 4) is 0 Å². The smallest absolute Gasteiger partial charge is 0.320 e. The quantitative estimate of drug-likeness (QED) is 0.511. The Morgan fingerprint density at radius 2 is 2.07 bits per heavy atom. The highest BCUT2D eigenvalue weighted by Crippen LogP contribution is 1.92. The summed E-state index contributed by atoms with van der Waals surface area (Å²) in [6.07, 6.45) is -0.284. The van der Waals surface area contributed by atoms with Crippen molar-refractivity contribution in [1.29, 1.82) is 0 Å². The minimum absolute atomic E-state index is 0.0284. The van der Waals surface area contributed by atoms with Crippen LogP contribution >= 0.6 is 0 Å². The van der Waals surface area contributed by atoms with Crippen molar-refractivity contribution in [2.24, 2.45) is 5.73 Å². The number of nitrogens with two attached hydrogens (primary N) is 1. The maximum atomic E-state index is 11.1. The molecule has 0 bridgehead atoms. The van der Waals surface area contributed by atoms with Gasteiger partial charge in [0.2, 0.25) is 5.91 Å². The maximum absolute atomic E-state index is 11.1. The highest BCUT2D eigenvalue weighted by molar-refractivity contribution is 5.77. The number of carbonyl (C=O) groups is 2. The molecular formula is C9H18N2O4. The number of nitrogens with one attached hydrogen (secondary N) is 1. The van der Waals surface area contributed by atoms with Crippen LogP contribution in [0.25, 0.3) is 0 Å². The third-order valence-electron chi connectivity index (χ3n) is 1.46. The number of rotatable bonds is 8. The number of primary amides is 1. The first-order valence-corrected chi connectivity index (χ1v) is 4.82. The summed E-state index contributed by atoms with van der Waals surface area (Å²) in [6.45, 7) is 4.50. The van der Waals surface area contributed by atoms with E-state index in [0.717, 1.165) is 0 Å². The van der Waals surface area contributed by atoms with Gasteiger partial charge in [-0.15, -0.1) is 0 Å². The maximum Gasteiger partial charge on any atom is 0.320 e. The van der Waals surface area contributed by atoms with E-state index in [4.69, 9.17) is 15.2 Å². The minimum atomic E-state index is -0.509. The Hall–Kier alpha value is -1.14. The Bertz CT molecular complexity index is 208. The summed E-state index contributed by atoms with van der Waals surface area (Å²) in [5.41, 5.74) is 4.87. The first-order valence-electron chi connectivity index (χ1n) is 4.82. The lowest BCUT2D eigenvalue weighted by molar-refractivity contribution is -0.149. The summed E-state index contributed by atoms with van der Waals surface area (Å²) in [5.74, 6) is -0.936. The molecule has 0 spiro atoms. The molecule has 88 valence electrons. The van der Waals surface area contributed by atoms with Gasteiger partial charge in [-0.3, -0.25) is 14.9 Å². The highest BCUT2D eigenvalue weighted by atomic mass is 16.6. The molecule has 0 aromatic heterocycles. The van der Waals surface area contributed by atoms with E-state index in [-0.39, 0.29) is 19.2 Å². The first-order chi connectivity index (χ1) is 7.06. The van der Waals surface area contributed by atoms with Gasteiger partial charge in [-0.2, -0.15) is 0 Å². The summed E-state index contributed by atoms with van der Waals surface area (Å²) >= 11 is 0. The van der Waals surface area contributed by atoms with Crippen LogP contribution in [0.2, 0.25) is 0 Å². The van der Waals surface area contributed by atoms with Crippen molar-refractivity contribution in [2.75, 3.05) is 26.3 Å². The first kappa shape index (κ1) is 13.9. The fourth-order valence-electron chi connectivity index (χ4n) is 0.872. The molecule has 0 aromatic rings. The van der Waals surface area contributed by atoms with E-state index in [2.05, 4.69) is 5.32 Å². The van der Waals surface area contributed by atoms with Crippen LogP contribution in [0.3, 0.4) is 0 Å². The number of hydrogen-bond donors (Lipinski definition) is 2. The molecule has 0 fully saturated rings. The lowest BCUT2D eigenvalue weighted by atomic mass is 10.4. The zero-order chi connectivity index (χ0) is 11.7. The predicted octanol–water partition coefficient (Wildman–Crippen LogP) is -0.970. The van der Waals surface area contributed by atoms with Gasteiger partial charge in [0.15, 0.2) is 0 Å². The van der Waals surface area contributed by atoms with E-state index in [9.17, 15) is 9.59 Å². The summed E-state index contributed by atoms with van der Waals surface area (Å²) in [6, 6.07) is 0. The van der Waals surface area contributed by atoms with Gasteiger partial charge in [-0.1, -0.05) is 0 Å². The van der Waals surface area contributed by atoms with Crippen LogP contribution in [0.4, 0.5) is 0 Å². The standard InChI is InChI=1S/C9H18N2O4/c1-3-14-6-7(2)15-9(13)5-11-4-8(10)12/h7,11H,3-6H2,1-2H3,(H2,10,12). The fraction of sp³-hybridized carbons (Fsp3) is 0.778. The fourth-order valence-corrected chi connectivity index (χ4v) is 0.872. The number of ether oxygens (including phenoxy) is 2. The van der Waals surface area contributed by atoms with E-state index in [1.165, 1.54) is 0 Å². The Balaban J connectivity index is 3.50. The van der Waals surface area contributed by atoms with Gasteiger partial charge in [0, 0.05) is 6.61 Å². The van der Waals surface area contributed by atoms with Crippen LogP contribution in [-0.2, 0) is 19.1 Å². The Labute approximate surface area is 89.1 Å². The molecule has 15 heavy (non-hydrogen) atoms. The van der Waals surface area contributed by atoms with E-state index >= 15 is 0 Å². The molecule has 6 nitrogen and oxygen atoms in total. The highest BCUT2D eigenvalue weighted by Gasteiger charge is 2.09. The van der Waals surface area contributed by atoms with Crippen molar-refractivity contribution in [3.63, 3.8) is 0 Å². The average molecular weight is 218 g/mol. The minimum Gasteiger partial charge on any atom is -0.459 e. The van der Waals surface area contributed by atoms with E-state index in [0.29, 0.717) is 13.2 Å². The van der Waals surface area contributed by atoms with Gasteiger partial charge < -0.3 is 15.2 Å². The molecule has 1 atom stereocenters. The molecular weight excluding hydrogens is 200 g/mol. The normalized spacial score (nSPS) is 12.1. The number of hydrogen-bond acceptors (Lipinski definition) is 5. The topological polar surface area (TPSA) is 90.7 Å². The van der Waals surface area contributed by atoms with Crippen LogP contribution < -0.4 is 11.1 Å². The van der Waals surface area contributed by atoms with Gasteiger partial charge in [0.1, 0.15) is 6.10 Å². The Morgan fingerprint density at radius 3 is 2.60 bits per heavy atom. The predicted molar refractivity (Wildman–Crippen MR) is 54.1 cm³/mol. The van der Waals surface area contributed by atoms with Gasteiger partial charge in [0.25, 0.3) is 0 Å². The molecule has 0 aliphatic carbocycles. The molecule has 0 aliphatic rings. The van der Waals surface area contributed by atoms with Gasteiger partial charge in [-0.05, 0) is 13.8 Å². The molecule has 0 saturated carbocycles. The molecule has 0 heterocycles. The Kier molecular flexibility index (Phi) is 7.57. The number of amides is 1. The summed E-state index contributed by atoms with van der Waals surface area (Å²) in [5, 5.41) is 2.56. The van der Waals surface area contributed by atoms with E-state index < -0.39 is 11.9 Å². The third kappa shape index (κ3) is 9.17. The number of esters is 1. The van der Waals surface area contributed by atoms with Gasteiger partial charge in [-0.25, -0.2) is 0 Å². The molecule has 3 N–H and O–H groups in total. The molecule has 0 radical (unpaired) electrons. The lowest BCUT2D eigenvalue weighted by Gasteiger charge is -2.12. The molecule has 0 saturated heterocycles. The SMILES string of the molecule is CCOCC(C)OC(=O)CNCC(N)=O. The van der Waals surface area contributed by atoms with Crippen molar-refractivity contribution >= 4 is 11.9 Å². The van der Waals surface area contributed by atoms with Gasteiger partial charge >= 0.3 is 5.97 Å². The summed E-state index contributed by atoms with van der Waals surface area (Å²) < 4.78 is 10.0. The summed E-state index contributed by atoms with van der Waals surface area (Å²) in [4.78, 5) is 21.4. The van der Waals surface area contributed by atoms with Crippen molar-refractivity contribution in [3.05, 3.63) is 0 Å². The van der Waals surface area contributed by atoms with Crippen molar-refractivity contribution in [2.45, 2.75) is 20.0 Å². The van der Waals surface area contributed by atoms with Crippen LogP contribution in [0.1, 0.15) is 13.8 Å². The third-order valence-corrected chi connectivity index (χ3v) is 1.46. The molecule has 1 amide bonds. The van der Waals surface area contributed by atoms with Crippen molar-refractivity contribution in [1.82, 2.24) is 5.32 Å². The molecule has 0 aliphatic heterocycles. The zero-order valence-electron chi connectivity index (χ0n) is 9.12. The van der Waals surface area contributed by atoms with Crippen LogP contribution in [0.15, 0.2) is 0 Å². The second-order valence-electron chi connectivity index (χ2n) is 3.03. The molecule has 0 aromatic carbocycles. The monoisotopic (exact) mass is 218 g/mol. The average Bonchev–Trinajstić information content (AvgIpc) is 2.14. The van der Waals surface area contributed by atoms with Crippen molar-refractivity contribution < 1.29 is 19.1 Å². The van der Waals surface area contributed by atoms with Crippen LogP contribution in [-0.4, -0.2) is 44.3 Å². The van der Waals surface area contributed by atoms with Crippen LogP contribution in [0.5, 0.6) is 0 Å². The Morgan fingerprint density at radius 1 is 1.40 bits per heavy atom. The molecule has 1 unspecified atom stereocenters. The second kappa shape index (κ2) is 8.19. The van der Waals surface area contributed by atoms with E-state index in [1.54, 1.807) is 6.92 Å². The molecule has 0 rings (SSSR count). The molecule has 6 heteroatoms. The summed E-state index contributed by atoms with van der Waals surface area (Å²) in [7, 11) is 0. The second-order valence-corrected chi connectivity index (χ2v) is 3.03. The van der Waals surface area contributed by atoms with Gasteiger partial charge in [0.05, 0.1) is 19.7 Å². The zero-order valence-corrected chi connectivity index (χ0v) is 9.12. The van der Waals surface area contributed by atoms with E-state index in [1.807, 2.05) is 6.92 Å².